The smallest absolute Gasteiger partial charge is 0.0513 e. The van der Waals surface area contributed by atoms with Crippen LogP contribution in [0.3, 0.4) is 0 Å². The molecular formula is C12H15NOS2. The summed E-state index contributed by atoms with van der Waals surface area (Å²) in [7, 11) is 2.05. The molecule has 4 heteroatoms. The summed E-state index contributed by atoms with van der Waals surface area (Å²) < 4.78 is 8.32. The summed E-state index contributed by atoms with van der Waals surface area (Å²) in [6.07, 6.45) is 1.18. The average Bonchev–Trinajstić information content (AvgIpc) is 2.91. The fourth-order valence-electron chi connectivity index (χ4n) is 2.36. The van der Waals surface area contributed by atoms with Gasteiger partial charge in [0.25, 0.3) is 0 Å². The molecule has 2 atom stereocenters. The van der Waals surface area contributed by atoms with Gasteiger partial charge in [0.15, 0.2) is 0 Å². The van der Waals surface area contributed by atoms with Crippen molar-refractivity contribution in [2.45, 2.75) is 12.5 Å². The highest BCUT2D eigenvalue weighted by Gasteiger charge is 2.27. The molecule has 0 aromatic carbocycles. The first-order valence-electron chi connectivity index (χ1n) is 5.60. The van der Waals surface area contributed by atoms with Crippen LogP contribution in [-0.4, -0.2) is 20.3 Å². The molecule has 1 N–H and O–H groups in total. The zero-order valence-corrected chi connectivity index (χ0v) is 10.9. The lowest BCUT2D eigenvalue weighted by Crippen LogP contribution is -2.24. The molecule has 0 bridgehead atoms. The Morgan fingerprint density at radius 2 is 2.44 bits per heavy atom. The highest BCUT2D eigenvalue weighted by Crippen LogP contribution is 2.37. The summed E-state index contributed by atoms with van der Waals surface area (Å²) in [5.74, 6) is 0.637. The van der Waals surface area contributed by atoms with E-state index in [0.29, 0.717) is 12.0 Å². The summed E-state index contributed by atoms with van der Waals surface area (Å²) in [4.78, 5) is 1.46. The largest absolute Gasteiger partial charge is 0.381 e. The summed E-state index contributed by atoms with van der Waals surface area (Å²) in [5.41, 5.74) is 0. The van der Waals surface area contributed by atoms with Crippen molar-refractivity contribution in [2.24, 2.45) is 5.92 Å². The van der Waals surface area contributed by atoms with Gasteiger partial charge in [0, 0.05) is 32.8 Å². The Balaban J connectivity index is 1.91. The predicted octanol–water partition coefficient (Wildman–Crippen LogP) is 3.26. The van der Waals surface area contributed by atoms with Crippen LogP contribution in [0.15, 0.2) is 17.5 Å². The van der Waals surface area contributed by atoms with Gasteiger partial charge in [-0.1, -0.05) is 0 Å². The highest BCUT2D eigenvalue weighted by atomic mass is 32.1. The van der Waals surface area contributed by atoms with Crippen molar-refractivity contribution < 1.29 is 4.74 Å². The molecule has 0 saturated carbocycles. The Morgan fingerprint density at radius 1 is 1.50 bits per heavy atom. The van der Waals surface area contributed by atoms with Crippen molar-refractivity contribution in [3.8, 4) is 0 Å². The van der Waals surface area contributed by atoms with Crippen LogP contribution in [0.5, 0.6) is 0 Å². The Hall–Kier alpha value is -0.420. The molecule has 16 heavy (non-hydrogen) atoms. The lowest BCUT2D eigenvalue weighted by atomic mass is 9.98. The Labute approximate surface area is 103 Å². The minimum Gasteiger partial charge on any atom is -0.381 e. The van der Waals surface area contributed by atoms with Gasteiger partial charge in [0.1, 0.15) is 0 Å². The van der Waals surface area contributed by atoms with E-state index in [2.05, 4.69) is 29.9 Å². The van der Waals surface area contributed by atoms with Gasteiger partial charge in [0.2, 0.25) is 0 Å². The zero-order valence-electron chi connectivity index (χ0n) is 9.23. The van der Waals surface area contributed by atoms with E-state index in [9.17, 15) is 0 Å². The molecular weight excluding hydrogens is 238 g/mol. The van der Waals surface area contributed by atoms with Gasteiger partial charge in [-0.25, -0.2) is 0 Å². The third-order valence-electron chi connectivity index (χ3n) is 3.21. The molecule has 3 heterocycles. The number of rotatable bonds is 3. The van der Waals surface area contributed by atoms with Crippen molar-refractivity contribution in [1.82, 2.24) is 5.32 Å². The van der Waals surface area contributed by atoms with Gasteiger partial charge in [-0.15, -0.1) is 22.7 Å². The maximum atomic E-state index is 5.48. The van der Waals surface area contributed by atoms with Crippen LogP contribution in [0, 0.1) is 5.92 Å². The fourth-order valence-corrected chi connectivity index (χ4v) is 4.69. The summed E-state index contributed by atoms with van der Waals surface area (Å²) in [5, 5.41) is 5.61. The minimum absolute atomic E-state index is 0.465. The third kappa shape index (κ3) is 1.80. The number of nitrogens with one attached hydrogen (secondary N) is 1. The fraction of sp³-hybridized carbons (Fsp3) is 0.500. The first-order chi connectivity index (χ1) is 7.88. The minimum atomic E-state index is 0.465. The second-order valence-electron chi connectivity index (χ2n) is 4.19. The van der Waals surface area contributed by atoms with Crippen molar-refractivity contribution in [3.63, 3.8) is 0 Å². The molecule has 1 aliphatic heterocycles. The van der Waals surface area contributed by atoms with E-state index < -0.39 is 0 Å². The van der Waals surface area contributed by atoms with Crippen LogP contribution in [-0.2, 0) is 4.74 Å². The topological polar surface area (TPSA) is 21.3 Å². The Bertz CT molecular complexity index is 442. The number of ether oxygens (including phenoxy) is 1. The molecule has 2 nitrogen and oxygen atoms in total. The van der Waals surface area contributed by atoms with Gasteiger partial charge < -0.3 is 10.1 Å². The molecule has 0 spiro atoms. The van der Waals surface area contributed by atoms with E-state index in [1.165, 1.54) is 20.7 Å². The van der Waals surface area contributed by atoms with Crippen molar-refractivity contribution in [1.29, 1.82) is 0 Å². The lowest BCUT2D eigenvalue weighted by Gasteiger charge is -2.20. The van der Waals surface area contributed by atoms with Crippen LogP contribution in [0.1, 0.15) is 17.3 Å². The lowest BCUT2D eigenvalue weighted by molar-refractivity contribution is 0.178. The van der Waals surface area contributed by atoms with Crippen LogP contribution < -0.4 is 5.32 Å². The maximum absolute atomic E-state index is 5.48. The van der Waals surface area contributed by atoms with Crippen molar-refractivity contribution >= 4 is 32.1 Å². The maximum Gasteiger partial charge on any atom is 0.0513 e. The van der Waals surface area contributed by atoms with Gasteiger partial charge in [-0.05, 0) is 31.0 Å². The second-order valence-corrected chi connectivity index (χ2v) is 6.25. The van der Waals surface area contributed by atoms with E-state index in [4.69, 9.17) is 4.74 Å². The second kappa shape index (κ2) is 4.45. The predicted molar refractivity (Wildman–Crippen MR) is 70.4 cm³/mol. The molecule has 2 aromatic rings. The first kappa shape index (κ1) is 10.7. The monoisotopic (exact) mass is 253 g/mol. The molecule has 1 aliphatic rings. The van der Waals surface area contributed by atoms with E-state index in [1.807, 2.05) is 22.7 Å². The van der Waals surface area contributed by atoms with Crippen LogP contribution in [0.2, 0.25) is 0 Å². The first-order valence-corrected chi connectivity index (χ1v) is 7.30. The normalized spacial score (nSPS) is 22.9. The van der Waals surface area contributed by atoms with Crippen molar-refractivity contribution in [3.05, 3.63) is 22.4 Å². The molecule has 86 valence electrons. The van der Waals surface area contributed by atoms with Crippen LogP contribution in [0.25, 0.3) is 9.40 Å². The SMILES string of the molecule is CNC(c1cc2sccc2s1)C1CCOC1. The molecule has 2 aromatic heterocycles. The van der Waals surface area contributed by atoms with Gasteiger partial charge >= 0.3 is 0 Å². The van der Waals surface area contributed by atoms with Crippen LogP contribution >= 0.6 is 22.7 Å². The molecule has 0 aliphatic carbocycles. The molecule has 0 radical (unpaired) electrons. The number of fused-ring (bicyclic) bond motifs is 1. The molecule has 3 rings (SSSR count). The van der Waals surface area contributed by atoms with E-state index in [1.54, 1.807) is 0 Å². The molecule has 1 saturated heterocycles. The molecule has 2 unspecified atom stereocenters. The van der Waals surface area contributed by atoms with Gasteiger partial charge in [0.05, 0.1) is 6.61 Å². The van der Waals surface area contributed by atoms with E-state index in [0.717, 1.165) is 13.2 Å². The number of thiophene rings is 2. The van der Waals surface area contributed by atoms with Crippen molar-refractivity contribution in [2.75, 3.05) is 20.3 Å². The Kier molecular flexibility index (Phi) is 2.98. The summed E-state index contributed by atoms with van der Waals surface area (Å²) in [6, 6.07) is 5.02. The average molecular weight is 253 g/mol. The summed E-state index contributed by atoms with van der Waals surface area (Å²) >= 11 is 3.75. The highest BCUT2D eigenvalue weighted by molar-refractivity contribution is 7.26. The van der Waals surface area contributed by atoms with Gasteiger partial charge in [-0.2, -0.15) is 0 Å². The Morgan fingerprint density at radius 3 is 3.12 bits per heavy atom. The van der Waals surface area contributed by atoms with E-state index >= 15 is 0 Å². The van der Waals surface area contributed by atoms with Crippen LogP contribution in [0.4, 0.5) is 0 Å². The van der Waals surface area contributed by atoms with E-state index in [-0.39, 0.29) is 0 Å². The summed E-state index contributed by atoms with van der Waals surface area (Å²) in [6.45, 7) is 1.82. The number of hydrogen-bond acceptors (Lipinski definition) is 4. The number of hydrogen-bond donors (Lipinski definition) is 1. The zero-order chi connectivity index (χ0) is 11.0. The van der Waals surface area contributed by atoms with Gasteiger partial charge in [-0.3, -0.25) is 0 Å². The standard InChI is InChI=1S/C12H15NOS2/c1-13-12(8-2-4-14-7-8)11-6-10-9(16-11)3-5-15-10/h3,5-6,8,12-13H,2,4,7H2,1H3. The quantitative estimate of drug-likeness (QED) is 0.906. The third-order valence-corrected chi connectivity index (χ3v) is 5.39. The molecule has 1 fully saturated rings. The molecule has 0 amide bonds.